The molecule has 15 heavy (non-hydrogen) atoms. The topological polar surface area (TPSA) is 44.7 Å². The third-order valence-corrected chi connectivity index (χ3v) is 3.61. The average molecular weight is 209 g/mol. The number of hydrogen-bond acceptors (Lipinski definition) is 1. The molecule has 1 atom stereocenters. The van der Waals surface area contributed by atoms with Crippen molar-refractivity contribution in [3.63, 3.8) is 0 Å². The summed E-state index contributed by atoms with van der Waals surface area (Å²) in [5, 5.41) is 0. The Morgan fingerprint density at radius 3 is 2.73 bits per heavy atom. The molecule has 86 valence electrons. The molecule has 0 aliphatic heterocycles. The van der Waals surface area contributed by atoms with Gasteiger partial charge in [0.2, 0.25) is 0 Å². The van der Waals surface area contributed by atoms with Crippen LogP contribution in [-0.2, 0) is 4.79 Å². The molecule has 0 saturated heterocycles. The summed E-state index contributed by atoms with van der Waals surface area (Å²) in [6, 6.07) is 0.00634. The monoisotopic (exact) mass is 209 g/mol. The smallest absolute Gasteiger partial charge is 0.195 e. The zero-order valence-electron chi connectivity index (χ0n) is 10.0. The van der Waals surface area contributed by atoms with E-state index >= 15 is 0 Å². The van der Waals surface area contributed by atoms with Crippen LogP contribution in [0.1, 0.15) is 45.4 Å². The molecule has 2 nitrogen and oxygen atoms in total. The van der Waals surface area contributed by atoms with Crippen molar-refractivity contribution < 1.29 is 10.5 Å². The molecule has 1 fully saturated rings. The molecule has 0 spiro atoms. The van der Waals surface area contributed by atoms with Crippen molar-refractivity contribution in [2.45, 2.75) is 51.5 Å². The first-order valence-corrected chi connectivity index (χ1v) is 5.67. The number of ketones is 1. The Morgan fingerprint density at radius 2 is 2.27 bits per heavy atom. The number of Topliss-reactive ketones (excluding diaryl/α,β-unsaturated/α-hetero) is 1. The van der Waals surface area contributed by atoms with Crippen molar-refractivity contribution in [1.29, 1.82) is 0 Å². The van der Waals surface area contributed by atoms with Crippen molar-refractivity contribution >= 4 is 5.78 Å². The van der Waals surface area contributed by atoms with E-state index in [1.807, 2.05) is 0 Å². The Bertz CT molecular complexity index is 276. The van der Waals surface area contributed by atoms with Crippen LogP contribution in [0.25, 0.3) is 0 Å². The second-order valence-electron chi connectivity index (χ2n) is 5.08. The van der Waals surface area contributed by atoms with Gasteiger partial charge in [-0.2, -0.15) is 0 Å². The van der Waals surface area contributed by atoms with Gasteiger partial charge in [0.15, 0.2) is 5.78 Å². The quantitative estimate of drug-likeness (QED) is 0.558. The number of carbonyl (C=O) groups is 1. The normalized spacial score (nSPS) is 24.0. The van der Waals surface area contributed by atoms with Gasteiger partial charge in [0.05, 0.1) is 0 Å². The Labute approximate surface area is 92.9 Å². The predicted octanol–water partition coefficient (Wildman–Crippen LogP) is 1.92. The fraction of sp³-hybridized carbons (Fsp3) is 0.692. The first-order valence-electron chi connectivity index (χ1n) is 5.67. The second kappa shape index (κ2) is 4.48. The van der Waals surface area contributed by atoms with Crippen molar-refractivity contribution in [3.05, 3.63) is 19.1 Å². The predicted molar refractivity (Wildman–Crippen MR) is 62.0 cm³/mol. The van der Waals surface area contributed by atoms with Crippen LogP contribution in [-0.4, -0.2) is 11.8 Å². The molecule has 0 heterocycles. The van der Waals surface area contributed by atoms with E-state index in [2.05, 4.69) is 18.7 Å². The average Bonchev–Trinajstić information content (AvgIpc) is 2.71. The van der Waals surface area contributed by atoms with Gasteiger partial charge in [-0.3, -0.25) is 4.79 Å². The van der Waals surface area contributed by atoms with Gasteiger partial charge in [0.1, 0.15) is 6.04 Å². The lowest BCUT2D eigenvalue weighted by molar-refractivity contribution is -0.403. The van der Waals surface area contributed by atoms with E-state index < -0.39 is 0 Å². The lowest BCUT2D eigenvalue weighted by Gasteiger charge is -2.12. The largest absolute Gasteiger partial charge is 0.358 e. The first kappa shape index (κ1) is 12.4. The van der Waals surface area contributed by atoms with Gasteiger partial charge in [-0.15, -0.1) is 0 Å². The lowest BCUT2D eigenvalue weighted by atomic mass is 9.93. The summed E-state index contributed by atoms with van der Waals surface area (Å²) in [6.45, 7) is 2.08. The Morgan fingerprint density at radius 1 is 1.60 bits per heavy atom. The number of carbonyl (C=O) groups excluding carboxylic acids is 1. The van der Waals surface area contributed by atoms with Crippen LogP contribution in [0.5, 0.6) is 0 Å². The van der Waals surface area contributed by atoms with Crippen LogP contribution in [0.4, 0.5) is 0 Å². The van der Waals surface area contributed by atoms with Crippen molar-refractivity contribution in [2.24, 2.45) is 5.41 Å². The van der Waals surface area contributed by atoms with Gasteiger partial charge in [0.25, 0.3) is 0 Å². The third-order valence-electron chi connectivity index (χ3n) is 3.61. The molecule has 2 aliphatic carbocycles. The number of rotatable bonds is 4. The van der Waals surface area contributed by atoms with E-state index in [1.165, 1.54) is 24.8 Å². The molecule has 2 rings (SSSR count). The molecule has 2 aliphatic rings. The van der Waals surface area contributed by atoms with Crippen LogP contribution in [0.3, 0.4) is 0 Å². The Hall–Kier alpha value is -0.630. The maximum atomic E-state index is 11.9. The van der Waals surface area contributed by atoms with Crippen LogP contribution >= 0.6 is 0 Å². The molecule has 0 aromatic carbocycles. The highest BCUT2D eigenvalue weighted by atomic mass is 16.1. The van der Waals surface area contributed by atoms with Gasteiger partial charge in [0, 0.05) is 11.8 Å². The van der Waals surface area contributed by atoms with Crippen LogP contribution < -0.4 is 5.73 Å². The van der Waals surface area contributed by atoms with Crippen molar-refractivity contribution in [2.75, 3.05) is 0 Å². The van der Waals surface area contributed by atoms with Gasteiger partial charge in [-0.1, -0.05) is 18.6 Å². The van der Waals surface area contributed by atoms with Gasteiger partial charge < -0.3 is 13.2 Å². The van der Waals surface area contributed by atoms with Crippen LogP contribution in [0.15, 0.2) is 11.6 Å². The molecular weight excluding hydrogens is 186 g/mol. The minimum absolute atomic E-state index is 0. The molecular formula is C13H23NO. The molecule has 0 unspecified atom stereocenters. The third kappa shape index (κ3) is 2.69. The maximum Gasteiger partial charge on any atom is 0.195 e. The van der Waals surface area contributed by atoms with Crippen LogP contribution in [0, 0.1) is 12.8 Å². The van der Waals surface area contributed by atoms with Crippen molar-refractivity contribution in [1.82, 2.24) is 0 Å². The second-order valence-corrected chi connectivity index (χ2v) is 5.08. The highest BCUT2D eigenvalue weighted by molar-refractivity contribution is 5.90. The van der Waals surface area contributed by atoms with Gasteiger partial charge >= 0.3 is 0 Å². The summed E-state index contributed by atoms with van der Waals surface area (Å²) in [7, 11) is 0. The van der Waals surface area contributed by atoms with Gasteiger partial charge in [-0.05, 0) is 32.1 Å². The van der Waals surface area contributed by atoms with E-state index in [0.29, 0.717) is 5.78 Å². The summed E-state index contributed by atoms with van der Waals surface area (Å²) in [4.78, 5) is 11.9. The summed E-state index contributed by atoms with van der Waals surface area (Å²) < 4.78 is 0. The maximum absolute atomic E-state index is 11.9. The minimum atomic E-state index is 0. The highest BCUT2D eigenvalue weighted by Crippen LogP contribution is 2.46. The minimum Gasteiger partial charge on any atom is -0.358 e. The van der Waals surface area contributed by atoms with Crippen molar-refractivity contribution in [3.8, 4) is 0 Å². The molecule has 0 aromatic rings. The standard InChI is InChI=1S/C12H19NO.CH3/c1-12(6-7-12)11(14)10(13)8-9-4-2-3-5-9;/h4,10H,2-3,5-8,13H2,1H3;1H3/q;-1/p+1/t10-;/m0./s1. The van der Waals surface area contributed by atoms with E-state index in [1.54, 1.807) is 0 Å². The highest BCUT2D eigenvalue weighted by Gasteiger charge is 2.48. The SMILES string of the molecule is CC1(C(=O)[C@@H]([NH3+])CC2=CCCC2)CC1.[CH3-]. The molecule has 3 N–H and O–H groups in total. The fourth-order valence-corrected chi connectivity index (χ4v) is 2.26. The fourth-order valence-electron chi connectivity index (χ4n) is 2.26. The zero-order chi connectivity index (χ0) is 10.2. The number of allylic oxidation sites excluding steroid dienone is 1. The van der Waals surface area contributed by atoms with E-state index in [9.17, 15) is 4.79 Å². The molecule has 0 amide bonds. The molecule has 0 bridgehead atoms. The summed E-state index contributed by atoms with van der Waals surface area (Å²) in [5.41, 5.74) is 5.48. The molecule has 0 radical (unpaired) electrons. The first-order chi connectivity index (χ1) is 6.62. The molecule has 1 saturated carbocycles. The number of hydrogen-bond donors (Lipinski definition) is 1. The van der Waals surface area contributed by atoms with Gasteiger partial charge in [-0.25, -0.2) is 0 Å². The molecule has 2 heteroatoms. The lowest BCUT2D eigenvalue weighted by Crippen LogP contribution is -2.66. The summed E-state index contributed by atoms with van der Waals surface area (Å²) in [6.07, 6.45) is 9.03. The Balaban J connectivity index is 0.00000112. The zero-order valence-corrected chi connectivity index (χ0v) is 10.0. The Kier molecular flexibility index (Phi) is 3.72. The van der Waals surface area contributed by atoms with Crippen LogP contribution in [0.2, 0.25) is 0 Å². The molecule has 0 aromatic heterocycles. The number of quaternary nitrogens is 1. The summed E-state index contributed by atoms with van der Waals surface area (Å²) in [5.74, 6) is 0.394. The van der Waals surface area contributed by atoms with E-state index in [4.69, 9.17) is 0 Å². The van der Waals surface area contributed by atoms with E-state index in [-0.39, 0.29) is 18.9 Å². The van der Waals surface area contributed by atoms with E-state index in [0.717, 1.165) is 19.3 Å². The summed E-state index contributed by atoms with van der Waals surface area (Å²) >= 11 is 0.